The Bertz CT molecular complexity index is 1080. The second-order valence-electron chi connectivity index (χ2n) is 7.70. The topological polar surface area (TPSA) is 100 Å². The zero-order valence-electron chi connectivity index (χ0n) is 19.8. The van der Waals surface area contributed by atoms with Gasteiger partial charge in [-0.3, -0.25) is 19.3 Å². The first-order valence-electron chi connectivity index (χ1n) is 11.3. The molecule has 0 saturated carbocycles. The molecule has 0 bridgehead atoms. The van der Waals surface area contributed by atoms with Gasteiger partial charge >= 0.3 is 6.61 Å². The molecule has 1 fully saturated rings. The fourth-order valence-electron chi connectivity index (χ4n) is 3.77. The Hall–Kier alpha value is -2.80. The number of amides is 3. The number of nitrogens with one attached hydrogen (secondary N) is 2. The van der Waals surface area contributed by atoms with Crippen LogP contribution in [0.15, 0.2) is 30.3 Å². The number of carbonyl (C=O) groups excluding carboxylic acids is 3. The van der Waals surface area contributed by atoms with Gasteiger partial charge in [0.05, 0.1) is 21.5 Å². The van der Waals surface area contributed by atoms with Gasteiger partial charge in [0.25, 0.3) is 11.8 Å². The Morgan fingerprint density at radius 2 is 2.00 bits per heavy atom. The Labute approximate surface area is 216 Å². The van der Waals surface area contributed by atoms with E-state index < -0.39 is 18.6 Å². The summed E-state index contributed by atoms with van der Waals surface area (Å²) in [5.74, 6) is -1.44. The zero-order valence-corrected chi connectivity index (χ0v) is 21.3. The standard InChI is InChI=1S/C23H27ClF2N4O5S/c1-3-29(4-2)16(12-27-22(33)18-7-8-19(24)36-18)21(32)28-14-5-6-15(17(11-14)35-23(25)26)30-9-10-34-13-20(30)31/h5-8,11,16,23H,3-4,9-10,12-13H2,1-2H3,(H,27,33)(H,28,32)/t16-/m0/s1. The summed E-state index contributed by atoms with van der Waals surface area (Å²) in [6.07, 6.45) is 0. The molecule has 2 aromatic rings. The van der Waals surface area contributed by atoms with Crippen LogP contribution in [0.3, 0.4) is 0 Å². The van der Waals surface area contributed by atoms with Crippen molar-refractivity contribution in [3.05, 3.63) is 39.5 Å². The molecule has 0 aliphatic carbocycles. The van der Waals surface area contributed by atoms with E-state index in [1.54, 1.807) is 12.1 Å². The number of morpholine rings is 1. The summed E-state index contributed by atoms with van der Waals surface area (Å²) in [6, 6.07) is 6.65. The van der Waals surface area contributed by atoms with Crippen LogP contribution < -0.4 is 20.3 Å². The second-order valence-corrected chi connectivity index (χ2v) is 9.41. The highest BCUT2D eigenvalue weighted by atomic mass is 35.5. The van der Waals surface area contributed by atoms with E-state index in [1.165, 1.54) is 23.1 Å². The maximum absolute atomic E-state index is 13.2. The number of ether oxygens (including phenoxy) is 2. The van der Waals surface area contributed by atoms with Gasteiger partial charge in [-0.15, -0.1) is 11.3 Å². The third-order valence-corrected chi connectivity index (χ3v) is 6.76. The number of nitrogens with zero attached hydrogens (tertiary/aromatic N) is 2. The predicted molar refractivity (Wildman–Crippen MR) is 133 cm³/mol. The molecule has 3 rings (SSSR count). The highest BCUT2D eigenvalue weighted by Gasteiger charge is 2.27. The van der Waals surface area contributed by atoms with E-state index in [1.807, 2.05) is 18.7 Å². The molecule has 2 N–H and O–H groups in total. The number of likely N-dealkylation sites (N-methyl/N-ethyl adjacent to an activating group) is 1. The molecule has 1 aromatic carbocycles. The molecule has 9 nitrogen and oxygen atoms in total. The third kappa shape index (κ3) is 7.12. The Morgan fingerprint density at radius 3 is 2.61 bits per heavy atom. The molecule has 196 valence electrons. The van der Waals surface area contributed by atoms with E-state index >= 15 is 0 Å². The van der Waals surface area contributed by atoms with Gasteiger partial charge in [0.15, 0.2) is 5.75 Å². The number of hydrogen-bond acceptors (Lipinski definition) is 7. The van der Waals surface area contributed by atoms with Crippen LogP contribution in [0.25, 0.3) is 0 Å². The summed E-state index contributed by atoms with van der Waals surface area (Å²) in [5.41, 5.74) is 0.359. The number of alkyl halides is 2. The predicted octanol–water partition coefficient (Wildman–Crippen LogP) is 3.45. The van der Waals surface area contributed by atoms with E-state index in [0.29, 0.717) is 22.3 Å². The van der Waals surface area contributed by atoms with Gasteiger partial charge in [-0.25, -0.2) is 0 Å². The lowest BCUT2D eigenvalue weighted by Gasteiger charge is -2.30. The molecular formula is C23H27ClF2N4O5S. The molecule has 0 spiro atoms. The molecule has 13 heteroatoms. The number of carbonyl (C=O) groups is 3. The van der Waals surface area contributed by atoms with Crippen molar-refractivity contribution >= 4 is 52.0 Å². The highest BCUT2D eigenvalue weighted by molar-refractivity contribution is 7.18. The monoisotopic (exact) mass is 544 g/mol. The summed E-state index contributed by atoms with van der Waals surface area (Å²) in [4.78, 5) is 41.4. The minimum Gasteiger partial charge on any atom is -0.433 e. The van der Waals surface area contributed by atoms with Gasteiger partial charge in [0, 0.05) is 24.8 Å². The van der Waals surface area contributed by atoms with Crippen molar-refractivity contribution in [2.45, 2.75) is 26.5 Å². The van der Waals surface area contributed by atoms with Gasteiger partial charge in [0.1, 0.15) is 12.6 Å². The van der Waals surface area contributed by atoms with Gasteiger partial charge in [0.2, 0.25) is 5.91 Å². The lowest BCUT2D eigenvalue weighted by Crippen LogP contribution is -2.50. The number of anilines is 2. The zero-order chi connectivity index (χ0) is 26.2. The molecule has 1 aliphatic rings. The Kier molecular flexibility index (Phi) is 9.99. The molecule has 2 heterocycles. The first-order chi connectivity index (χ1) is 17.2. The quantitative estimate of drug-likeness (QED) is 0.449. The van der Waals surface area contributed by atoms with Crippen LogP contribution in [-0.2, 0) is 14.3 Å². The van der Waals surface area contributed by atoms with Crippen molar-refractivity contribution < 1.29 is 32.6 Å². The van der Waals surface area contributed by atoms with Crippen LogP contribution in [-0.4, -0.2) is 74.7 Å². The van der Waals surface area contributed by atoms with Gasteiger partial charge in [-0.2, -0.15) is 8.78 Å². The number of thiophene rings is 1. The van der Waals surface area contributed by atoms with E-state index in [-0.39, 0.29) is 55.2 Å². The fraction of sp³-hybridized carbons (Fsp3) is 0.435. The van der Waals surface area contributed by atoms with Crippen molar-refractivity contribution in [1.82, 2.24) is 10.2 Å². The van der Waals surface area contributed by atoms with E-state index in [9.17, 15) is 23.2 Å². The minimum atomic E-state index is -3.13. The average molecular weight is 545 g/mol. The number of hydrogen-bond donors (Lipinski definition) is 2. The van der Waals surface area contributed by atoms with Crippen molar-refractivity contribution in [2.75, 3.05) is 49.6 Å². The third-order valence-electron chi connectivity index (χ3n) is 5.53. The average Bonchev–Trinajstić information content (AvgIpc) is 3.28. The summed E-state index contributed by atoms with van der Waals surface area (Å²) >= 11 is 7.02. The van der Waals surface area contributed by atoms with Crippen LogP contribution in [0.1, 0.15) is 23.5 Å². The fourth-order valence-corrected chi connectivity index (χ4v) is 4.73. The van der Waals surface area contributed by atoms with E-state index in [0.717, 1.165) is 11.3 Å². The highest BCUT2D eigenvalue weighted by Crippen LogP contribution is 2.33. The van der Waals surface area contributed by atoms with Crippen LogP contribution in [0, 0.1) is 0 Å². The maximum atomic E-state index is 13.2. The lowest BCUT2D eigenvalue weighted by molar-refractivity contribution is -0.126. The minimum absolute atomic E-state index is 0.0165. The van der Waals surface area contributed by atoms with Gasteiger partial charge in [-0.05, 0) is 37.4 Å². The second kappa shape index (κ2) is 12.9. The Morgan fingerprint density at radius 1 is 1.25 bits per heavy atom. The number of benzene rings is 1. The largest absolute Gasteiger partial charge is 0.433 e. The molecule has 1 saturated heterocycles. The molecule has 0 unspecified atom stereocenters. The lowest BCUT2D eigenvalue weighted by atomic mass is 10.2. The summed E-state index contributed by atoms with van der Waals surface area (Å²) < 4.78 is 36.4. The SMILES string of the molecule is CCN(CC)[C@@H](CNC(=O)c1ccc(Cl)s1)C(=O)Nc1ccc(N2CCOCC2=O)c(OC(F)F)c1. The smallest absolute Gasteiger partial charge is 0.387 e. The molecular weight excluding hydrogens is 518 g/mol. The Balaban J connectivity index is 1.78. The van der Waals surface area contributed by atoms with Gasteiger partial charge < -0.3 is 25.0 Å². The van der Waals surface area contributed by atoms with Crippen molar-refractivity contribution in [2.24, 2.45) is 0 Å². The van der Waals surface area contributed by atoms with Crippen molar-refractivity contribution in [3.8, 4) is 5.75 Å². The van der Waals surface area contributed by atoms with Crippen LogP contribution >= 0.6 is 22.9 Å². The summed E-state index contributed by atoms with van der Waals surface area (Å²) in [6.45, 7) is 2.00. The molecule has 36 heavy (non-hydrogen) atoms. The molecule has 1 aromatic heterocycles. The van der Waals surface area contributed by atoms with E-state index in [2.05, 4.69) is 15.4 Å². The normalized spacial score (nSPS) is 14.8. The van der Waals surface area contributed by atoms with Crippen molar-refractivity contribution in [1.29, 1.82) is 0 Å². The van der Waals surface area contributed by atoms with Crippen LogP contribution in [0.5, 0.6) is 5.75 Å². The number of rotatable bonds is 11. The molecule has 1 atom stereocenters. The molecule has 1 aliphatic heterocycles. The van der Waals surface area contributed by atoms with Crippen LogP contribution in [0.2, 0.25) is 4.34 Å². The van der Waals surface area contributed by atoms with Gasteiger partial charge in [-0.1, -0.05) is 25.4 Å². The molecule has 0 radical (unpaired) electrons. The first kappa shape index (κ1) is 27.8. The first-order valence-corrected chi connectivity index (χ1v) is 12.5. The maximum Gasteiger partial charge on any atom is 0.387 e. The molecule has 3 amide bonds. The van der Waals surface area contributed by atoms with Crippen molar-refractivity contribution in [3.63, 3.8) is 0 Å². The van der Waals surface area contributed by atoms with E-state index in [4.69, 9.17) is 16.3 Å². The number of halogens is 3. The summed E-state index contributed by atoms with van der Waals surface area (Å²) in [7, 11) is 0. The summed E-state index contributed by atoms with van der Waals surface area (Å²) in [5, 5.41) is 5.46. The van der Waals surface area contributed by atoms with Crippen LogP contribution in [0.4, 0.5) is 20.2 Å².